The molecule has 1 aliphatic heterocycles. The van der Waals surface area contributed by atoms with Crippen molar-refractivity contribution in [1.82, 2.24) is 10.2 Å². The first-order valence-corrected chi connectivity index (χ1v) is 14.8. The van der Waals surface area contributed by atoms with Crippen molar-refractivity contribution in [3.05, 3.63) is 77.1 Å². The molecule has 1 fully saturated rings. The number of hydrogen-bond acceptors (Lipinski definition) is 5. The summed E-state index contributed by atoms with van der Waals surface area (Å²) in [6.07, 6.45) is 15.1. The molecule has 1 heterocycles. The second kappa shape index (κ2) is 20.8. The van der Waals surface area contributed by atoms with E-state index in [2.05, 4.69) is 36.0 Å². The van der Waals surface area contributed by atoms with Gasteiger partial charge in [-0.2, -0.15) is 0 Å². The Morgan fingerprint density at radius 3 is 2.44 bits per heavy atom. The molecule has 0 aliphatic carbocycles. The van der Waals surface area contributed by atoms with Gasteiger partial charge in [-0.1, -0.05) is 61.9 Å². The van der Waals surface area contributed by atoms with E-state index in [0.29, 0.717) is 29.9 Å². The van der Waals surface area contributed by atoms with Crippen LogP contribution in [0.3, 0.4) is 0 Å². The number of nitrogens with zero attached hydrogens (tertiary/aromatic N) is 2. The number of allylic oxidation sites excluding steroid dienone is 3. The lowest BCUT2D eigenvalue weighted by molar-refractivity contribution is 0.0173. The van der Waals surface area contributed by atoms with Crippen LogP contribution >= 0.6 is 11.6 Å². The standard InChI is InChI=1S/C25H35ClN2O2.C6H13N3.C2H6/c1-6-19-17-21(26)9-10-22(19)23(16-18(2)8-7-13-27)20-11-14-28(15-12-20)24(29)30-25(3,4)5;1-6(7)3-4-9-5-8-2;1-2/h6-10,13,17,20,23H,1,11-12,14-16,27H2,2-5H3;3-6H,7H2,1-2H3,(H,8,9);1-2H3/b13-7-,18-8-;4-3+;. The summed E-state index contributed by atoms with van der Waals surface area (Å²) in [7, 11) is 1.70. The molecule has 2 unspecified atom stereocenters. The average Bonchev–Trinajstić information content (AvgIpc) is 2.93. The number of likely N-dealkylation sites (tertiary alicyclic amines) is 1. The van der Waals surface area contributed by atoms with Gasteiger partial charge in [0.05, 0.1) is 6.34 Å². The Bertz CT molecular complexity index is 1020. The molecule has 0 saturated carbocycles. The van der Waals surface area contributed by atoms with Crippen LogP contribution < -0.4 is 16.8 Å². The maximum Gasteiger partial charge on any atom is 0.410 e. The zero-order chi connectivity index (χ0) is 31.4. The van der Waals surface area contributed by atoms with Gasteiger partial charge in [-0.05, 0) is 107 Å². The Balaban J connectivity index is 0.00000124. The lowest BCUT2D eigenvalue weighted by atomic mass is 9.75. The normalized spacial score (nSPS) is 16.0. The summed E-state index contributed by atoms with van der Waals surface area (Å²) in [5.74, 6) is 0.771. The van der Waals surface area contributed by atoms with Gasteiger partial charge >= 0.3 is 6.09 Å². The van der Waals surface area contributed by atoms with E-state index in [0.717, 1.165) is 24.8 Å². The number of rotatable bonds is 9. The first-order chi connectivity index (χ1) is 19.4. The van der Waals surface area contributed by atoms with Gasteiger partial charge in [-0.25, -0.2) is 4.79 Å². The minimum Gasteiger partial charge on any atom is -0.444 e. The molecule has 41 heavy (non-hydrogen) atoms. The summed E-state index contributed by atoms with van der Waals surface area (Å²) >= 11 is 6.23. The first kappa shape index (κ1) is 38.0. The van der Waals surface area contributed by atoms with Crippen LogP contribution in [-0.2, 0) is 4.74 Å². The molecule has 0 spiro atoms. The Hall–Kier alpha value is -3.03. The van der Waals surface area contributed by atoms with Crippen molar-refractivity contribution < 1.29 is 9.53 Å². The highest BCUT2D eigenvalue weighted by Crippen LogP contribution is 2.40. The number of hydrogen-bond donors (Lipinski definition) is 3. The second-order valence-corrected chi connectivity index (χ2v) is 11.2. The van der Waals surface area contributed by atoms with Gasteiger partial charge in [0, 0.05) is 31.2 Å². The fourth-order valence-electron chi connectivity index (χ4n) is 4.36. The Labute approximate surface area is 254 Å². The SMILES string of the molecule is C=Cc1cc(Cl)ccc1C(C/C(C)=C\C=C/N)C1CCN(C(=O)OC(C)(C)C)CC1.CC.CN=CN/C=C/C(C)N. The lowest BCUT2D eigenvalue weighted by Gasteiger charge is -2.37. The van der Waals surface area contributed by atoms with Crippen LogP contribution in [0.1, 0.15) is 84.8 Å². The summed E-state index contributed by atoms with van der Waals surface area (Å²) < 4.78 is 5.55. The van der Waals surface area contributed by atoms with Crippen molar-refractivity contribution >= 4 is 30.1 Å². The van der Waals surface area contributed by atoms with E-state index in [4.69, 9.17) is 27.8 Å². The molecule has 230 valence electrons. The highest BCUT2D eigenvalue weighted by atomic mass is 35.5. The van der Waals surface area contributed by atoms with Crippen LogP contribution in [0.2, 0.25) is 5.02 Å². The molecule has 5 N–H and O–H groups in total. The Morgan fingerprint density at radius 1 is 1.29 bits per heavy atom. The average molecular weight is 588 g/mol. The quantitative estimate of drug-likeness (QED) is 0.156. The van der Waals surface area contributed by atoms with Crippen molar-refractivity contribution in [3.63, 3.8) is 0 Å². The largest absolute Gasteiger partial charge is 0.444 e. The highest BCUT2D eigenvalue weighted by Gasteiger charge is 2.32. The van der Waals surface area contributed by atoms with Crippen LogP contribution in [0.15, 0.2) is 66.0 Å². The van der Waals surface area contributed by atoms with Crippen molar-refractivity contribution in [2.24, 2.45) is 22.4 Å². The second-order valence-electron chi connectivity index (χ2n) is 10.8. The molecular formula is C33H54ClN5O2. The predicted molar refractivity (Wildman–Crippen MR) is 178 cm³/mol. The summed E-state index contributed by atoms with van der Waals surface area (Å²) in [4.78, 5) is 18.0. The maximum atomic E-state index is 12.4. The zero-order valence-electron chi connectivity index (χ0n) is 26.5. The fraction of sp³-hybridized carbons (Fsp3) is 0.515. The summed E-state index contributed by atoms with van der Waals surface area (Å²) in [6.45, 7) is 19.1. The molecular weight excluding hydrogens is 534 g/mol. The molecule has 1 amide bonds. The van der Waals surface area contributed by atoms with Crippen molar-refractivity contribution in [2.75, 3.05) is 20.1 Å². The minimum atomic E-state index is -0.475. The van der Waals surface area contributed by atoms with Gasteiger partial charge in [0.25, 0.3) is 0 Å². The number of nitrogens with two attached hydrogens (primary N) is 2. The third-order valence-electron chi connectivity index (χ3n) is 6.16. The van der Waals surface area contributed by atoms with Crippen LogP contribution in [0, 0.1) is 5.92 Å². The number of benzene rings is 1. The van der Waals surface area contributed by atoms with Crippen LogP contribution in [0.4, 0.5) is 4.79 Å². The van der Waals surface area contributed by atoms with Gasteiger partial charge < -0.3 is 26.4 Å². The highest BCUT2D eigenvalue weighted by molar-refractivity contribution is 6.30. The molecule has 2 rings (SSSR count). The molecule has 2 atom stereocenters. The predicted octanol–water partition coefficient (Wildman–Crippen LogP) is 7.64. The van der Waals surface area contributed by atoms with E-state index in [-0.39, 0.29) is 12.1 Å². The number of halogens is 1. The van der Waals surface area contributed by atoms with E-state index in [1.807, 2.05) is 76.8 Å². The monoisotopic (exact) mass is 587 g/mol. The topological polar surface area (TPSA) is 106 Å². The summed E-state index contributed by atoms with van der Waals surface area (Å²) in [6, 6.07) is 6.15. The summed E-state index contributed by atoms with van der Waals surface area (Å²) in [5, 5.41) is 3.53. The third-order valence-corrected chi connectivity index (χ3v) is 6.40. The van der Waals surface area contributed by atoms with Crippen molar-refractivity contribution in [2.45, 2.75) is 85.3 Å². The number of ether oxygens (including phenoxy) is 1. The van der Waals surface area contributed by atoms with Crippen LogP contribution in [-0.4, -0.2) is 49.1 Å². The molecule has 0 aromatic heterocycles. The zero-order valence-corrected chi connectivity index (χ0v) is 27.2. The minimum absolute atomic E-state index is 0.0998. The van der Waals surface area contributed by atoms with E-state index in [1.165, 1.54) is 11.1 Å². The van der Waals surface area contributed by atoms with E-state index >= 15 is 0 Å². The van der Waals surface area contributed by atoms with Crippen molar-refractivity contribution in [1.29, 1.82) is 0 Å². The van der Waals surface area contributed by atoms with E-state index < -0.39 is 5.60 Å². The molecule has 1 aromatic carbocycles. The smallest absolute Gasteiger partial charge is 0.410 e. The molecule has 8 heteroatoms. The lowest BCUT2D eigenvalue weighted by Crippen LogP contribution is -2.42. The fourth-order valence-corrected chi connectivity index (χ4v) is 4.54. The van der Waals surface area contributed by atoms with Gasteiger partial charge in [0.2, 0.25) is 0 Å². The number of piperidine rings is 1. The molecule has 7 nitrogen and oxygen atoms in total. The molecule has 1 aliphatic rings. The van der Waals surface area contributed by atoms with E-state index in [9.17, 15) is 4.79 Å². The van der Waals surface area contributed by atoms with Gasteiger partial charge in [-0.15, -0.1) is 0 Å². The number of aliphatic imine (C=N–C) groups is 1. The van der Waals surface area contributed by atoms with Crippen molar-refractivity contribution in [3.8, 4) is 0 Å². The number of carbonyl (C=O) groups is 1. The summed E-state index contributed by atoms with van der Waals surface area (Å²) in [5.41, 5.74) is 14.0. The Morgan fingerprint density at radius 2 is 1.93 bits per heavy atom. The first-order valence-electron chi connectivity index (χ1n) is 14.4. The van der Waals surface area contributed by atoms with Crippen LogP contribution in [0.5, 0.6) is 0 Å². The Kier molecular flexibility index (Phi) is 19.3. The number of amides is 1. The molecule has 1 saturated heterocycles. The van der Waals surface area contributed by atoms with Gasteiger partial charge in [0.15, 0.2) is 0 Å². The number of carbonyl (C=O) groups excluding carboxylic acids is 1. The molecule has 0 bridgehead atoms. The van der Waals surface area contributed by atoms with Gasteiger partial charge in [-0.3, -0.25) is 4.99 Å². The van der Waals surface area contributed by atoms with Gasteiger partial charge in [0.1, 0.15) is 5.60 Å². The maximum absolute atomic E-state index is 12.4. The number of nitrogens with one attached hydrogen (secondary N) is 1. The van der Waals surface area contributed by atoms with E-state index in [1.54, 1.807) is 25.8 Å². The van der Waals surface area contributed by atoms with Crippen LogP contribution in [0.25, 0.3) is 6.08 Å². The molecule has 0 radical (unpaired) electrons. The molecule has 1 aromatic rings. The third kappa shape index (κ3) is 16.1.